The normalized spacial score (nSPS) is 11.4. The quantitative estimate of drug-likeness (QED) is 0.226. The van der Waals surface area contributed by atoms with Crippen molar-refractivity contribution in [1.29, 1.82) is 0 Å². The van der Waals surface area contributed by atoms with E-state index in [1.807, 2.05) is 23.9 Å². The number of nitrogens with one attached hydrogen (secondary N) is 1. The van der Waals surface area contributed by atoms with E-state index in [-0.39, 0.29) is 10.6 Å². The van der Waals surface area contributed by atoms with Crippen LogP contribution in [-0.2, 0) is 19.2 Å². The van der Waals surface area contributed by atoms with Crippen LogP contribution in [0.4, 0.5) is 5.69 Å². The van der Waals surface area contributed by atoms with Crippen molar-refractivity contribution in [2.45, 2.75) is 17.3 Å². The fraction of sp³-hybridized carbons (Fsp3) is 0.130. The van der Waals surface area contributed by atoms with Gasteiger partial charge in [0.15, 0.2) is 5.16 Å². The van der Waals surface area contributed by atoms with Gasteiger partial charge in [-0.2, -0.15) is 0 Å². The van der Waals surface area contributed by atoms with Crippen LogP contribution in [0.5, 0.6) is 0 Å². The Labute approximate surface area is 182 Å². The van der Waals surface area contributed by atoms with Crippen molar-refractivity contribution < 1.29 is 4.92 Å². The molecular weight excluding hydrogens is 410 g/mol. The van der Waals surface area contributed by atoms with Crippen LogP contribution < -0.4 is 0 Å². The molecule has 0 radical (unpaired) electrons. The average molecular weight is 430 g/mol. The molecule has 0 amide bonds. The number of aromatic amines is 1. The van der Waals surface area contributed by atoms with Gasteiger partial charge in [-0.3, -0.25) is 10.1 Å². The Hall–Kier alpha value is -3.65. The number of hydrogen-bond acceptors (Lipinski definition) is 5. The Morgan fingerprint density at radius 1 is 1.03 bits per heavy atom. The van der Waals surface area contributed by atoms with Crippen LogP contribution in [0.15, 0.2) is 72.0 Å². The summed E-state index contributed by atoms with van der Waals surface area (Å²) in [4.78, 5) is 13.7. The molecule has 0 fully saturated rings. The number of nitro groups is 1. The first-order chi connectivity index (χ1) is 15.1. The van der Waals surface area contributed by atoms with E-state index < -0.39 is 0 Å². The molecule has 5 aromatic rings. The molecule has 0 atom stereocenters. The number of nitrogens with zero attached hydrogens (tertiary/aromatic N) is 4. The van der Waals surface area contributed by atoms with Gasteiger partial charge in [0.05, 0.1) is 10.4 Å². The summed E-state index contributed by atoms with van der Waals surface area (Å²) in [6.45, 7) is 0. The average Bonchev–Trinajstić information content (AvgIpc) is 3.35. The van der Waals surface area contributed by atoms with Crippen molar-refractivity contribution in [2.75, 3.05) is 0 Å². The summed E-state index contributed by atoms with van der Waals surface area (Å²) < 4.78 is 2.03. The van der Waals surface area contributed by atoms with E-state index in [0.29, 0.717) is 12.2 Å². The van der Waals surface area contributed by atoms with E-state index in [0.717, 1.165) is 27.4 Å². The van der Waals surface area contributed by atoms with Gasteiger partial charge in [-0.05, 0) is 28.0 Å². The summed E-state index contributed by atoms with van der Waals surface area (Å²) in [7, 11) is 1.99. The van der Waals surface area contributed by atoms with Crippen LogP contribution in [0, 0.1) is 10.1 Å². The summed E-state index contributed by atoms with van der Waals surface area (Å²) in [5, 5.41) is 24.1. The van der Waals surface area contributed by atoms with Crippen molar-refractivity contribution in [3.8, 4) is 0 Å². The van der Waals surface area contributed by atoms with Crippen LogP contribution in [0.1, 0.15) is 17.0 Å². The fourth-order valence-corrected chi connectivity index (χ4v) is 4.71. The lowest BCUT2D eigenvalue weighted by atomic mass is 10.0. The summed E-state index contributed by atoms with van der Waals surface area (Å²) in [6.07, 6.45) is 2.61. The summed E-state index contributed by atoms with van der Waals surface area (Å²) in [6, 6.07) is 19.6. The first-order valence-electron chi connectivity index (χ1n) is 9.82. The number of rotatable bonds is 6. The van der Waals surface area contributed by atoms with Gasteiger partial charge < -0.3 is 9.55 Å². The minimum atomic E-state index is -0.383. The second-order valence-corrected chi connectivity index (χ2v) is 8.30. The highest BCUT2D eigenvalue weighted by molar-refractivity contribution is 7.98. The molecule has 31 heavy (non-hydrogen) atoms. The van der Waals surface area contributed by atoms with Crippen molar-refractivity contribution in [2.24, 2.45) is 7.05 Å². The van der Waals surface area contributed by atoms with Gasteiger partial charge in [0.25, 0.3) is 5.69 Å². The number of aromatic nitrogens is 4. The van der Waals surface area contributed by atoms with Gasteiger partial charge in [-0.15, -0.1) is 10.2 Å². The monoisotopic (exact) mass is 429 g/mol. The maximum atomic E-state index is 11.0. The Morgan fingerprint density at radius 2 is 1.87 bits per heavy atom. The van der Waals surface area contributed by atoms with E-state index in [1.165, 1.54) is 22.4 Å². The van der Waals surface area contributed by atoms with E-state index in [2.05, 4.69) is 51.6 Å². The predicted octanol–water partition coefficient (Wildman–Crippen LogP) is 5.24. The van der Waals surface area contributed by atoms with Crippen LogP contribution in [0.3, 0.4) is 0 Å². The van der Waals surface area contributed by atoms with Crippen molar-refractivity contribution in [3.05, 3.63) is 93.9 Å². The number of H-pyrrole nitrogens is 1. The number of non-ortho nitro benzene ring substituents is 1. The standard InChI is InChI=1S/C23H19N5O2S/c1-27-22(11-16-7-4-6-15-5-2-3-8-19(15)16)25-26-23(27)31-14-17-13-24-21-12-18(28(29)30)9-10-20(17)21/h2-10,12-13,24H,11,14H2,1H3. The van der Waals surface area contributed by atoms with E-state index in [4.69, 9.17) is 0 Å². The first kappa shape index (κ1) is 19.3. The SMILES string of the molecule is Cn1c(Cc2cccc3ccccc23)nnc1SCc1c[nH]c2cc([N+](=O)[O-])ccc12. The maximum absolute atomic E-state index is 11.0. The molecule has 5 rings (SSSR count). The molecule has 0 aliphatic rings. The highest BCUT2D eigenvalue weighted by atomic mass is 32.2. The molecule has 154 valence electrons. The zero-order valence-electron chi connectivity index (χ0n) is 16.8. The molecule has 2 aromatic heterocycles. The van der Waals surface area contributed by atoms with Gasteiger partial charge in [-0.1, -0.05) is 54.2 Å². The Kier molecular flexibility index (Phi) is 4.91. The molecule has 0 unspecified atom stereocenters. The molecule has 7 nitrogen and oxygen atoms in total. The lowest BCUT2D eigenvalue weighted by Crippen LogP contribution is -2.01. The number of hydrogen-bond donors (Lipinski definition) is 1. The Balaban J connectivity index is 1.35. The van der Waals surface area contributed by atoms with Gasteiger partial charge in [0.1, 0.15) is 5.82 Å². The number of benzene rings is 3. The van der Waals surface area contributed by atoms with Crippen LogP contribution >= 0.6 is 11.8 Å². The zero-order valence-corrected chi connectivity index (χ0v) is 17.6. The molecule has 8 heteroatoms. The summed E-state index contributed by atoms with van der Waals surface area (Å²) in [5.41, 5.74) is 3.15. The molecule has 0 aliphatic heterocycles. The molecule has 0 saturated heterocycles. The first-order valence-corrected chi connectivity index (χ1v) is 10.8. The predicted molar refractivity (Wildman–Crippen MR) is 122 cm³/mol. The Bertz CT molecular complexity index is 1420. The Morgan fingerprint density at radius 3 is 2.74 bits per heavy atom. The highest BCUT2D eigenvalue weighted by Gasteiger charge is 2.14. The summed E-state index contributed by atoms with van der Waals surface area (Å²) >= 11 is 1.60. The number of nitro benzene ring substituents is 1. The van der Waals surface area contributed by atoms with E-state index in [1.54, 1.807) is 23.9 Å². The maximum Gasteiger partial charge on any atom is 0.271 e. The van der Waals surface area contributed by atoms with E-state index >= 15 is 0 Å². The van der Waals surface area contributed by atoms with Crippen molar-refractivity contribution >= 4 is 39.1 Å². The fourth-order valence-electron chi connectivity index (χ4n) is 3.79. The van der Waals surface area contributed by atoms with Crippen LogP contribution in [0.25, 0.3) is 21.7 Å². The van der Waals surface area contributed by atoms with Gasteiger partial charge >= 0.3 is 0 Å². The minimum Gasteiger partial charge on any atom is -0.361 e. The molecule has 1 N–H and O–H groups in total. The van der Waals surface area contributed by atoms with Crippen molar-refractivity contribution in [3.63, 3.8) is 0 Å². The molecule has 0 saturated carbocycles. The highest BCUT2D eigenvalue weighted by Crippen LogP contribution is 2.29. The van der Waals surface area contributed by atoms with Gasteiger partial charge in [0, 0.05) is 42.9 Å². The summed E-state index contributed by atoms with van der Waals surface area (Å²) in [5.74, 6) is 1.60. The molecule has 0 aliphatic carbocycles. The molecule has 3 aromatic carbocycles. The number of fused-ring (bicyclic) bond motifs is 2. The van der Waals surface area contributed by atoms with Gasteiger partial charge in [0.2, 0.25) is 0 Å². The largest absolute Gasteiger partial charge is 0.361 e. The second-order valence-electron chi connectivity index (χ2n) is 7.36. The molecule has 2 heterocycles. The third kappa shape index (κ3) is 3.66. The smallest absolute Gasteiger partial charge is 0.271 e. The van der Waals surface area contributed by atoms with Crippen LogP contribution in [-0.4, -0.2) is 24.7 Å². The molecular formula is C23H19N5O2S. The third-order valence-corrected chi connectivity index (χ3v) is 6.54. The van der Waals surface area contributed by atoms with Crippen molar-refractivity contribution in [1.82, 2.24) is 19.7 Å². The lowest BCUT2D eigenvalue weighted by Gasteiger charge is -2.07. The topological polar surface area (TPSA) is 89.6 Å². The minimum absolute atomic E-state index is 0.0833. The second kappa shape index (κ2) is 7.88. The van der Waals surface area contributed by atoms with Gasteiger partial charge in [-0.25, -0.2) is 0 Å². The number of thioether (sulfide) groups is 1. The third-order valence-electron chi connectivity index (χ3n) is 5.47. The molecule has 0 bridgehead atoms. The molecule has 0 spiro atoms. The van der Waals surface area contributed by atoms with Crippen LogP contribution in [0.2, 0.25) is 0 Å². The van der Waals surface area contributed by atoms with E-state index in [9.17, 15) is 10.1 Å². The zero-order chi connectivity index (χ0) is 21.4. The lowest BCUT2D eigenvalue weighted by molar-refractivity contribution is -0.384.